The first-order valence-corrected chi connectivity index (χ1v) is 6.09. The van der Waals surface area contributed by atoms with Gasteiger partial charge in [0, 0.05) is 17.5 Å². The molecule has 1 aromatic heterocycles. The third-order valence-electron chi connectivity index (χ3n) is 2.29. The molecular formula is C12H13N3OS. The number of amides is 1. The zero-order valence-electron chi connectivity index (χ0n) is 9.43. The van der Waals surface area contributed by atoms with Crippen molar-refractivity contribution in [3.8, 4) is 0 Å². The lowest BCUT2D eigenvalue weighted by molar-refractivity contribution is 0.102. The maximum Gasteiger partial charge on any atom is 0.257 e. The van der Waals surface area contributed by atoms with Gasteiger partial charge in [-0.25, -0.2) is 4.98 Å². The van der Waals surface area contributed by atoms with E-state index in [0.29, 0.717) is 17.2 Å². The highest BCUT2D eigenvalue weighted by Crippen LogP contribution is 2.15. The molecule has 0 saturated heterocycles. The minimum Gasteiger partial charge on any atom is -0.326 e. The first kappa shape index (κ1) is 11.8. The molecule has 1 aromatic carbocycles. The number of aromatic nitrogens is 1. The molecule has 1 heterocycles. The van der Waals surface area contributed by atoms with Gasteiger partial charge in [-0.15, -0.1) is 11.3 Å². The van der Waals surface area contributed by atoms with Gasteiger partial charge in [-0.2, -0.15) is 0 Å². The molecule has 0 saturated carbocycles. The van der Waals surface area contributed by atoms with Gasteiger partial charge in [-0.1, -0.05) is 12.1 Å². The molecule has 17 heavy (non-hydrogen) atoms. The predicted octanol–water partition coefficient (Wildman–Crippen LogP) is 2.16. The molecule has 0 aliphatic carbocycles. The first-order valence-electron chi connectivity index (χ1n) is 5.21. The quantitative estimate of drug-likeness (QED) is 0.873. The standard InChI is InChI=1S/C12H13N3OS/c1-8-7-17-12(14-8)15-11(16)10-4-2-9(6-13)3-5-10/h2-5,7H,6,13H2,1H3,(H,14,15,16). The molecule has 2 rings (SSSR count). The van der Waals surface area contributed by atoms with Gasteiger partial charge < -0.3 is 5.73 Å². The van der Waals surface area contributed by atoms with Gasteiger partial charge in [0.2, 0.25) is 0 Å². The zero-order valence-corrected chi connectivity index (χ0v) is 10.3. The fourth-order valence-corrected chi connectivity index (χ4v) is 2.06. The smallest absolute Gasteiger partial charge is 0.257 e. The van der Waals surface area contributed by atoms with Crippen LogP contribution < -0.4 is 11.1 Å². The van der Waals surface area contributed by atoms with Crippen LogP contribution in [0.15, 0.2) is 29.6 Å². The van der Waals surface area contributed by atoms with Gasteiger partial charge >= 0.3 is 0 Å². The molecule has 0 aliphatic heterocycles. The van der Waals surface area contributed by atoms with Gasteiger partial charge in [0.15, 0.2) is 5.13 Å². The lowest BCUT2D eigenvalue weighted by Gasteiger charge is -2.02. The van der Waals surface area contributed by atoms with Gasteiger partial charge in [-0.05, 0) is 24.6 Å². The van der Waals surface area contributed by atoms with Crippen LogP contribution in [0.3, 0.4) is 0 Å². The molecule has 88 valence electrons. The fraction of sp³-hybridized carbons (Fsp3) is 0.167. The summed E-state index contributed by atoms with van der Waals surface area (Å²) in [5.74, 6) is -0.150. The zero-order chi connectivity index (χ0) is 12.3. The molecule has 5 heteroatoms. The number of nitrogens with zero attached hydrogens (tertiary/aromatic N) is 1. The molecule has 1 amide bonds. The highest BCUT2D eigenvalue weighted by molar-refractivity contribution is 7.13. The Kier molecular flexibility index (Phi) is 3.51. The molecule has 3 N–H and O–H groups in total. The molecule has 0 radical (unpaired) electrons. The summed E-state index contributed by atoms with van der Waals surface area (Å²) in [5, 5.41) is 5.27. The van der Waals surface area contributed by atoms with E-state index >= 15 is 0 Å². The van der Waals surface area contributed by atoms with Crippen LogP contribution in [-0.2, 0) is 6.54 Å². The van der Waals surface area contributed by atoms with Crippen molar-refractivity contribution >= 4 is 22.4 Å². The number of nitrogens with one attached hydrogen (secondary N) is 1. The van der Waals surface area contributed by atoms with Gasteiger partial charge in [-0.3, -0.25) is 10.1 Å². The molecule has 0 spiro atoms. The number of aryl methyl sites for hydroxylation is 1. The van der Waals surface area contributed by atoms with Crippen molar-refractivity contribution in [3.05, 3.63) is 46.5 Å². The van der Waals surface area contributed by atoms with Crippen LogP contribution in [0.1, 0.15) is 21.6 Å². The first-order chi connectivity index (χ1) is 8.19. The van der Waals surface area contributed by atoms with Crippen LogP contribution in [0.4, 0.5) is 5.13 Å². The third kappa shape index (κ3) is 2.89. The molecule has 4 nitrogen and oxygen atoms in total. The Bertz CT molecular complexity index is 519. The van der Waals surface area contributed by atoms with E-state index in [-0.39, 0.29) is 5.91 Å². The number of benzene rings is 1. The van der Waals surface area contributed by atoms with E-state index in [1.807, 2.05) is 24.4 Å². The lowest BCUT2D eigenvalue weighted by atomic mass is 10.1. The number of thiazole rings is 1. The number of carbonyl (C=O) groups is 1. The molecule has 0 unspecified atom stereocenters. The Morgan fingerprint density at radius 2 is 2.12 bits per heavy atom. The number of carbonyl (C=O) groups excluding carboxylic acids is 1. The minimum atomic E-state index is -0.150. The summed E-state index contributed by atoms with van der Waals surface area (Å²) in [6, 6.07) is 7.22. The Morgan fingerprint density at radius 1 is 1.41 bits per heavy atom. The fourth-order valence-electron chi connectivity index (χ4n) is 1.37. The van der Waals surface area contributed by atoms with E-state index in [0.717, 1.165) is 11.3 Å². The van der Waals surface area contributed by atoms with Crippen molar-refractivity contribution in [2.75, 3.05) is 5.32 Å². The van der Waals surface area contributed by atoms with E-state index < -0.39 is 0 Å². The van der Waals surface area contributed by atoms with Crippen LogP contribution in [0, 0.1) is 6.92 Å². The second-order valence-electron chi connectivity index (χ2n) is 3.65. The largest absolute Gasteiger partial charge is 0.326 e. The number of hydrogen-bond acceptors (Lipinski definition) is 4. The number of nitrogens with two attached hydrogens (primary N) is 1. The topological polar surface area (TPSA) is 68.0 Å². The van der Waals surface area contributed by atoms with Gasteiger partial charge in [0.05, 0.1) is 5.69 Å². The van der Waals surface area contributed by atoms with Crippen molar-refractivity contribution < 1.29 is 4.79 Å². The Morgan fingerprint density at radius 3 is 2.65 bits per heavy atom. The minimum absolute atomic E-state index is 0.150. The number of hydrogen-bond donors (Lipinski definition) is 2. The summed E-state index contributed by atoms with van der Waals surface area (Å²) >= 11 is 1.42. The summed E-state index contributed by atoms with van der Waals surface area (Å²) in [4.78, 5) is 16.0. The van der Waals surface area contributed by atoms with Crippen LogP contribution in [0.25, 0.3) is 0 Å². The average molecular weight is 247 g/mol. The molecule has 0 bridgehead atoms. The Labute approximate surface area is 103 Å². The Hall–Kier alpha value is -1.72. The summed E-state index contributed by atoms with van der Waals surface area (Å²) in [5.41, 5.74) is 8.01. The van der Waals surface area contributed by atoms with Gasteiger partial charge in [0.1, 0.15) is 0 Å². The molecule has 2 aromatic rings. The molecule has 0 aliphatic rings. The average Bonchev–Trinajstić information content (AvgIpc) is 2.75. The van der Waals surface area contributed by atoms with Crippen LogP contribution in [0.5, 0.6) is 0 Å². The molecule has 0 fully saturated rings. The van der Waals surface area contributed by atoms with Crippen LogP contribution >= 0.6 is 11.3 Å². The van der Waals surface area contributed by atoms with Crippen molar-refractivity contribution in [2.24, 2.45) is 5.73 Å². The number of rotatable bonds is 3. The predicted molar refractivity (Wildman–Crippen MR) is 69.1 cm³/mol. The third-order valence-corrected chi connectivity index (χ3v) is 3.17. The summed E-state index contributed by atoms with van der Waals surface area (Å²) < 4.78 is 0. The Balaban J connectivity index is 2.09. The maximum absolute atomic E-state index is 11.8. The van der Waals surface area contributed by atoms with Crippen molar-refractivity contribution in [3.63, 3.8) is 0 Å². The van der Waals surface area contributed by atoms with Crippen LogP contribution in [-0.4, -0.2) is 10.9 Å². The highest BCUT2D eigenvalue weighted by atomic mass is 32.1. The van der Waals surface area contributed by atoms with E-state index in [2.05, 4.69) is 10.3 Å². The SMILES string of the molecule is Cc1csc(NC(=O)c2ccc(CN)cc2)n1. The van der Waals surface area contributed by atoms with Crippen LogP contribution in [0.2, 0.25) is 0 Å². The maximum atomic E-state index is 11.8. The number of anilines is 1. The van der Waals surface area contributed by atoms with E-state index in [1.54, 1.807) is 12.1 Å². The lowest BCUT2D eigenvalue weighted by Crippen LogP contribution is -2.11. The van der Waals surface area contributed by atoms with Crippen molar-refractivity contribution in [1.29, 1.82) is 0 Å². The van der Waals surface area contributed by atoms with Crippen molar-refractivity contribution in [1.82, 2.24) is 4.98 Å². The summed E-state index contributed by atoms with van der Waals surface area (Å²) in [6.45, 7) is 2.37. The van der Waals surface area contributed by atoms with Crippen molar-refractivity contribution in [2.45, 2.75) is 13.5 Å². The second-order valence-corrected chi connectivity index (χ2v) is 4.51. The van der Waals surface area contributed by atoms with E-state index in [1.165, 1.54) is 11.3 Å². The summed E-state index contributed by atoms with van der Waals surface area (Å²) in [6.07, 6.45) is 0. The van der Waals surface area contributed by atoms with E-state index in [9.17, 15) is 4.79 Å². The monoisotopic (exact) mass is 247 g/mol. The normalized spacial score (nSPS) is 10.2. The summed E-state index contributed by atoms with van der Waals surface area (Å²) in [7, 11) is 0. The molecular weight excluding hydrogens is 234 g/mol. The second kappa shape index (κ2) is 5.07. The van der Waals surface area contributed by atoms with Gasteiger partial charge in [0.25, 0.3) is 5.91 Å². The van der Waals surface area contributed by atoms with E-state index in [4.69, 9.17) is 5.73 Å². The highest BCUT2D eigenvalue weighted by Gasteiger charge is 2.07. The molecule has 0 atom stereocenters.